The molecule has 1 aromatic carbocycles. The van der Waals surface area contributed by atoms with E-state index in [0.29, 0.717) is 11.7 Å². The van der Waals surface area contributed by atoms with Crippen molar-refractivity contribution in [3.63, 3.8) is 0 Å². The lowest BCUT2D eigenvalue weighted by atomic mass is 10.2. The summed E-state index contributed by atoms with van der Waals surface area (Å²) in [5.74, 6) is 0.129. The van der Waals surface area contributed by atoms with E-state index in [-0.39, 0.29) is 11.9 Å². The number of carbonyl (C=O) groups is 1. The van der Waals surface area contributed by atoms with Gasteiger partial charge in [0.05, 0.1) is 27.9 Å². The quantitative estimate of drug-likeness (QED) is 0.749. The van der Waals surface area contributed by atoms with Crippen molar-refractivity contribution in [3.8, 4) is 0 Å². The van der Waals surface area contributed by atoms with E-state index in [4.69, 9.17) is 0 Å². The molecule has 0 saturated carbocycles. The van der Waals surface area contributed by atoms with Crippen LogP contribution in [0.2, 0.25) is 0 Å². The number of amides is 1. The molecule has 0 radical (unpaired) electrons. The third-order valence-electron chi connectivity index (χ3n) is 3.43. The van der Waals surface area contributed by atoms with Crippen LogP contribution in [0, 0.1) is 0 Å². The van der Waals surface area contributed by atoms with Crippen molar-refractivity contribution in [2.75, 3.05) is 0 Å². The van der Waals surface area contributed by atoms with Gasteiger partial charge >= 0.3 is 0 Å². The highest BCUT2D eigenvalue weighted by Crippen LogP contribution is 2.20. The first-order chi connectivity index (χ1) is 10.5. The van der Waals surface area contributed by atoms with Crippen LogP contribution < -0.4 is 10.6 Å². The number of aliphatic hydroxyl groups excluding tert-OH is 1. The summed E-state index contributed by atoms with van der Waals surface area (Å²) < 4.78 is 1.07. The van der Waals surface area contributed by atoms with E-state index in [9.17, 15) is 9.90 Å². The zero-order chi connectivity index (χ0) is 15.7. The molecule has 2 heterocycles. The Balaban J connectivity index is 1.83. The zero-order valence-corrected chi connectivity index (χ0v) is 13.0. The van der Waals surface area contributed by atoms with E-state index in [1.807, 2.05) is 18.2 Å². The monoisotopic (exact) mass is 316 g/mol. The number of fused-ring (bicyclic) bond motifs is 1. The number of carbonyl (C=O) groups excluding carboxylic acids is 1. The number of aromatic nitrogens is 1. The first-order valence-corrected chi connectivity index (χ1v) is 7.80. The Morgan fingerprint density at radius 3 is 2.95 bits per heavy atom. The fraction of sp³-hybridized carbons (Fsp3) is 0.267. The third kappa shape index (κ3) is 3.00. The van der Waals surface area contributed by atoms with Crippen LogP contribution >= 0.6 is 11.3 Å². The summed E-state index contributed by atoms with van der Waals surface area (Å²) in [6.07, 6.45) is 1.19. The van der Waals surface area contributed by atoms with Crippen molar-refractivity contribution in [2.24, 2.45) is 4.99 Å². The number of benzene rings is 1. The van der Waals surface area contributed by atoms with Crippen molar-refractivity contribution >= 4 is 39.5 Å². The Kier molecular flexibility index (Phi) is 3.91. The Morgan fingerprint density at radius 2 is 2.18 bits per heavy atom. The SMILES string of the molecule is CC(O)[C@@H](C)N=C1NC(=O)/C(=C/c2ccc3ncsc3c2)N1. The average Bonchev–Trinajstić information content (AvgIpc) is 3.05. The minimum Gasteiger partial charge on any atom is -0.391 e. The number of aliphatic imine (C=N–C) groups is 1. The second kappa shape index (κ2) is 5.86. The minimum absolute atomic E-state index is 0.235. The fourth-order valence-corrected chi connectivity index (χ4v) is 2.72. The Bertz CT molecular complexity index is 779. The molecule has 3 N–H and O–H groups in total. The standard InChI is InChI=1S/C15H16N4O2S/c1-8(9(2)20)17-15-18-12(14(21)19-15)5-10-3-4-11-13(6-10)22-7-16-11/h3-9,20H,1-2H3,(H2,17,18,19,21)/b12-5-/t8-,9?/m1/s1. The summed E-state index contributed by atoms with van der Waals surface area (Å²) >= 11 is 1.56. The van der Waals surface area contributed by atoms with Gasteiger partial charge in [-0.2, -0.15) is 0 Å². The van der Waals surface area contributed by atoms with Gasteiger partial charge < -0.3 is 10.4 Å². The predicted octanol–water partition coefficient (Wildman–Crippen LogP) is 1.48. The summed E-state index contributed by atoms with van der Waals surface area (Å²) in [6.45, 7) is 3.44. The topological polar surface area (TPSA) is 86.6 Å². The molecule has 1 unspecified atom stereocenters. The number of rotatable bonds is 3. The van der Waals surface area contributed by atoms with E-state index in [1.54, 1.807) is 36.8 Å². The van der Waals surface area contributed by atoms with Crippen LogP contribution in [0.5, 0.6) is 0 Å². The second-order valence-electron chi connectivity index (χ2n) is 5.18. The van der Waals surface area contributed by atoms with Gasteiger partial charge in [0.2, 0.25) is 5.96 Å². The Hall–Kier alpha value is -2.25. The van der Waals surface area contributed by atoms with Crippen molar-refractivity contribution in [1.29, 1.82) is 0 Å². The number of nitrogens with one attached hydrogen (secondary N) is 2. The average molecular weight is 316 g/mol. The lowest BCUT2D eigenvalue weighted by Gasteiger charge is -2.09. The largest absolute Gasteiger partial charge is 0.391 e. The highest BCUT2D eigenvalue weighted by atomic mass is 32.1. The molecule has 3 rings (SSSR count). The van der Waals surface area contributed by atoms with Gasteiger partial charge in [-0.15, -0.1) is 11.3 Å². The van der Waals surface area contributed by atoms with Gasteiger partial charge in [-0.1, -0.05) is 6.07 Å². The highest BCUT2D eigenvalue weighted by molar-refractivity contribution is 7.16. The highest BCUT2D eigenvalue weighted by Gasteiger charge is 2.22. The molecule has 0 aliphatic carbocycles. The molecule has 1 aliphatic heterocycles. The van der Waals surface area contributed by atoms with Gasteiger partial charge in [0.25, 0.3) is 5.91 Å². The third-order valence-corrected chi connectivity index (χ3v) is 4.22. The molecule has 2 atom stereocenters. The summed E-state index contributed by atoms with van der Waals surface area (Å²) in [5, 5.41) is 15.1. The maximum absolute atomic E-state index is 12.0. The maximum atomic E-state index is 12.0. The molecule has 1 aromatic heterocycles. The summed E-state index contributed by atoms with van der Waals surface area (Å²) in [7, 11) is 0. The number of hydrogen-bond acceptors (Lipinski definition) is 5. The first kappa shape index (κ1) is 14.7. The molecule has 0 spiro atoms. The van der Waals surface area contributed by atoms with Crippen molar-refractivity contribution in [1.82, 2.24) is 15.6 Å². The molecule has 7 heteroatoms. The second-order valence-corrected chi connectivity index (χ2v) is 6.06. The van der Waals surface area contributed by atoms with Crippen LogP contribution in [-0.2, 0) is 4.79 Å². The number of thiazole rings is 1. The van der Waals surface area contributed by atoms with Gasteiger partial charge in [0, 0.05) is 0 Å². The number of aliphatic hydroxyl groups is 1. The lowest BCUT2D eigenvalue weighted by molar-refractivity contribution is -0.115. The molecule has 0 bridgehead atoms. The van der Waals surface area contributed by atoms with Crippen LogP contribution in [0.3, 0.4) is 0 Å². The van der Waals surface area contributed by atoms with Gasteiger partial charge in [-0.25, -0.2) is 9.98 Å². The van der Waals surface area contributed by atoms with Gasteiger partial charge in [0.1, 0.15) is 5.70 Å². The molecule has 1 aliphatic rings. The van der Waals surface area contributed by atoms with Crippen molar-refractivity contribution < 1.29 is 9.90 Å². The molecular formula is C15H16N4O2S. The summed E-state index contributed by atoms with van der Waals surface area (Å²) in [6, 6.07) is 5.53. The van der Waals surface area contributed by atoms with Crippen LogP contribution in [0.1, 0.15) is 19.4 Å². The Morgan fingerprint density at radius 1 is 1.36 bits per heavy atom. The minimum atomic E-state index is -0.576. The van der Waals surface area contributed by atoms with E-state index in [2.05, 4.69) is 20.6 Å². The summed E-state index contributed by atoms with van der Waals surface area (Å²) in [4.78, 5) is 20.4. The van der Waals surface area contributed by atoms with Crippen LogP contribution in [-0.4, -0.2) is 34.1 Å². The number of nitrogens with zero attached hydrogens (tertiary/aromatic N) is 2. The first-order valence-electron chi connectivity index (χ1n) is 6.92. The fourth-order valence-electron chi connectivity index (χ4n) is 2.00. The molecule has 1 amide bonds. The smallest absolute Gasteiger partial charge is 0.274 e. The molecule has 114 valence electrons. The lowest BCUT2D eigenvalue weighted by Crippen LogP contribution is -2.29. The zero-order valence-electron chi connectivity index (χ0n) is 12.2. The van der Waals surface area contributed by atoms with E-state index in [1.165, 1.54) is 0 Å². The van der Waals surface area contributed by atoms with Crippen molar-refractivity contribution in [3.05, 3.63) is 35.0 Å². The molecule has 6 nitrogen and oxygen atoms in total. The predicted molar refractivity (Wildman–Crippen MR) is 87.5 cm³/mol. The molecule has 1 fully saturated rings. The van der Waals surface area contributed by atoms with Gasteiger partial charge in [-0.3, -0.25) is 10.1 Å². The van der Waals surface area contributed by atoms with Crippen LogP contribution in [0.4, 0.5) is 0 Å². The van der Waals surface area contributed by atoms with E-state index < -0.39 is 6.10 Å². The Labute approximate surface area is 131 Å². The molecule has 2 aromatic rings. The normalized spacial score (nSPS) is 21.1. The summed E-state index contributed by atoms with van der Waals surface area (Å²) in [5.41, 5.74) is 4.09. The van der Waals surface area contributed by atoms with Crippen LogP contribution in [0.15, 0.2) is 34.4 Å². The van der Waals surface area contributed by atoms with E-state index in [0.717, 1.165) is 15.8 Å². The number of guanidine groups is 1. The molecular weight excluding hydrogens is 300 g/mol. The van der Waals surface area contributed by atoms with Crippen LogP contribution in [0.25, 0.3) is 16.3 Å². The molecule has 1 saturated heterocycles. The molecule has 22 heavy (non-hydrogen) atoms. The maximum Gasteiger partial charge on any atom is 0.274 e. The number of hydrogen-bond donors (Lipinski definition) is 3. The van der Waals surface area contributed by atoms with Crippen molar-refractivity contribution in [2.45, 2.75) is 26.0 Å². The van der Waals surface area contributed by atoms with E-state index >= 15 is 0 Å². The van der Waals surface area contributed by atoms with Gasteiger partial charge in [0.15, 0.2) is 0 Å². The van der Waals surface area contributed by atoms with Gasteiger partial charge in [-0.05, 0) is 37.6 Å².